The standard InChI is InChI=1S/C15H24BrNO2/c1-15(9-13(15)16)14(18)19-10-11-5-4-8-17-7-3-2-6-12(11)17/h11-13H,2-10H2,1H3/t11-,12+,13+,15-/m0/s1. The van der Waals surface area contributed by atoms with E-state index in [1.165, 1.54) is 45.2 Å². The minimum Gasteiger partial charge on any atom is -0.465 e. The van der Waals surface area contributed by atoms with Crippen LogP contribution in [0.3, 0.4) is 0 Å². The van der Waals surface area contributed by atoms with Gasteiger partial charge in [0.15, 0.2) is 0 Å². The van der Waals surface area contributed by atoms with Gasteiger partial charge in [0, 0.05) is 16.8 Å². The molecule has 3 aliphatic rings. The van der Waals surface area contributed by atoms with Crippen LogP contribution in [0.15, 0.2) is 0 Å². The molecule has 2 heterocycles. The lowest BCUT2D eigenvalue weighted by Gasteiger charge is -2.44. The molecular weight excluding hydrogens is 306 g/mol. The van der Waals surface area contributed by atoms with E-state index in [2.05, 4.69) is 20.8 Å². The van der Waals surface area contributed by atoms with Gasteiger partial charge in [-0.2, -0.15) is 0 Å². The highest BCUT2D eigenvalue weighted by molar-refractivity contribution is 9.09. The Labute approximate surface area is 124 Å². The van der Waals surface area contributed by atoms with Crippen LogP contribution in [0.2, 0.25) is 0 Å². The maximum atomic E-state index is 12.1. The molecule has 0 aromatic rings. The van der Waals surface area contributed by atoms with E-state index in [0.29, 0.717) is 23.4 Å². The van der Waals surface area contributed by atoms with Gasteiger partial charge in [0.1, 0.15) is 0 Å². The molecular formula is C15H24BrNO2. The number of carbonyl (C=O) groups is 1. The molecule has 0 amide bonds. The molecule has 1 aliphatic carbocycles. The van der Waals surface area contributed by atoms with E-state index in [-0.39, 0.29) is 11.4 Å². The average Bonchev–Trinajstić information content (AvgIpc) is 3.05. The highest BCUT2D eigenvalue weighted by Crippen LogP contribution is 2.52. The van der Waals surface area contributed by atoms with Gasteiger partial charge in [0.2, 0.25) is 0 Å². The normalized spacial score (nSPS) is 42.5. The molecule has 0 aromatic heterocycles. The van der Waals surface area contributed by atoms with Crippen LogP contribution < -0.4 is 0 Å². The Bertz CT molecular complexity index is 360. The number of piperidine rings is 2. The molecule has 1 saturated carbocycles. The Hall–Kier alpha value is -0.0900. The van der Waals surface area contributed by atoms with Gasteiger partial charge >= 0.3 is 5.97 Å². The predicted molar refractivity (Wildman–Crippen MR) is 78.3 cm³/mol. The zero-order valence-electron chi connectivity index (χ0n) is 11.7. The minimum atomic E-state index is -0.249. The molecule has 0 aromatic carbocycles. The third-order valence-electron chi connectivity index (χ3n) is 5.26. The number of fused-ring (bicyclic) bond motifs is 1. The van der Waals surface area contributed by atoms with Crippen molar-refractivity contribution in [1.29, 1.82) is 0 Å². The number of nitrogens with zero attached hydrogens (tertiary/aromatic N) is 1. The fraction of sp³-hybridized carbons (Fsp3) is 0.933. The van der Waals surface area contributed by atoms with Gasteiger partial charge in [-0.3, -0.25) is 9.69 Å². The Morgan fingerprint density at radius 2 is 2.05 bits per heavy atom. The second-order valence-electron chi connectivity index (χ2n) is 6.69. The monoisotopic (exact) mass is 329 g/mol. The molecule has 4 heteroatoms. The molecule has 0 N–H and O–H groups in total. The summed E-state index contributed by atoms with van der Waals surface area (Å²) in [5.74, 6) is 0.566. The summed E-state index contributed by atoms with van der Waals surface area (Å²) in [6.07, 6.45) is 7.38. The summed E-state index contributed by atoms with van der Waals surface area (Å²) >= 11 is 3.52. The molecule has 3 rings (SSSR count). The lowest BCUT2D eigenvalue weighted by Crippen LogP contribution is -2.49. The van der Waals surface area contributed by atoms with Crippen LogP contribution in [-0.2, 0) is 9.53 Å². The molecule has 4 atom stereocenters. The van der Waals surface area contributed by atoms with Gasteiger partial charge in [0.25, 0.3) is 0 Å². The zero-order valence-corrected chi connectivity index (χ0v) is 13.3. The van der Waals surface area contributed by atoms with Crippen LogP contribution in [-0.4, -0.2) is 41.4 Å². The molecule has 2 aliphatic heterocycles. The average molecular weight is 330 g/mol. The lowest BCUT2D eigenvalue weighted by molar-refractivity contribution is -0.152. The highest BCUT2D eigenvalue weighted by Gasteiger charge is 2.56. The van der Waals surface area contributed by atoms with Crippen LogP contribution in [0.25, 0.3) is 0 Å². The number of carbonyl (C=O) groups excluding carboxylic acids is 1. The molecule has 2 saturated heterocycles. The summed E-state index contributed by atoms with van der Waals surface area (Å²) in [5, 5.41) is 0. The third-order valence-corrected chi connectivity index (χ3v) is 6.59. The first-order valence-corrected chi connectivity index (χ1v) is 8.58. The van der Waals surface area contributed by atoms with Gasteiger partial charge in [-0.05, 0) is 52.1 Å². The molecule has 0 radical (unpaired) electrons. The lowest BCUT2D eigenvalue weighted by atomic mass is 9.84. The SMILES string of the molecule is C[C@]1(C(=O)OC[C@@H]2CCCN3CCCC[C@H]23)C[C@H]1Br. The number of rotatable bonds is 3. The first kappa shape index (κ1) is 13.9. The minimum absolute atomic E-state index is 0.00214. The second-order valence-corrected chi connectivity index (χ2v) is 7.79. The van der Waals surface area contributed by atoms with E-state index in [1.807, 2.05) is 6.92 Å². The molecule has 3 fully saturated rings. The Morgan fingerprint density at radius 1 is 1.32 bits per heavy atom. The fourth-order valence-corrected chi connectivity index (χ4v) is 4.50. The van der Waals surface area contributed by atoms with Crippen LogP contribution in [0.5, 0.6) is 0 Å². The van der Waals surface area contributed by atoms with E-state index in [9.17, 15) is 4.79 Å². The van der Waals surface area contributed by atoms with Crippen molar-refractivity contribution in [2.75, 3.05) is 19.7 Å². The van der Waals surface area contributed by atoms with E-state index in [0.717, 1.165) is 6.42 Å². The van der Waals surface area contributed by atoms with Crippen LogP contribution >= 0.6 is 15.9 Å². The highest BCUT2D eigenvalue weighted by atomic mass is 79.9. The summed E-state index contributed by atoms with van der Waals surface area (Å²) in [6.45, 7) is 5.13. The van der Waals surface area contributed by atoms with Crippen molar-refractivity contribution in [3.8, 4) is 0 Å². The summed E-state index contributed by atoms with van der Waals surface area (Å²) in [4.78, 5) is 15.0. The Morgan fingerprint density at radius 3 is 2.79 bits per heavy atom. The van der Waals surface area contributed by atoms with Crippen molar-refractivity contribution in [1.82, 2.24) is 4.90 Å². The molecule has 0 bridgehead atoms. The van der Waals surface area contributed by atoms with Crippen molar-refractivity contribution in [3.05, 3.63) is 0 Å². The van der Waals surface area contributed by atoms with Gasteiger partial charge in [0.05, 0.1) is 12.0 Å². The van der Waals surface area contributed by atoms with E-state index in [1.54, 1.807) is 0 Å². The zero-order chi connectivity index (χ0) is 13.5. The summed E-state index contributed by atoms with van der Waals surface area (Å²) in [6, 6.07) is 0.669. The van der Waals surface area contributed by atoms with Crippen molar-refractivity contribution in [3.63, 3.8) is 0 Å². The molecule has 0 spiro atoms. The fourth-order valence-electron chi connectivity index (χ4n) is 3.64. The molecule has 19 heavy (non-hydrogen) atoms. The van der Waals surface area contributed by atoms with E-state index >= 15 is 0 Å². The molecule has 0 unspecified atom stereocenters. The van der Waals surface area contributed by atoms with Crippen LogP contribution in [0.4, 0.5) is 0 Å². The quantitative estimate of drug-likeness (QED) is 0.589. The van der Waals surface area contributed by atoms with Gasteiger partial charge < -0.3 is 4.74 Å². The largest absolute Gasteiger partial charge is 0.465 e. The maximum Gasteiger partial charge on any atom is 0.312 e. The Kier molecular flexibility index (Phi) is 3.91. The van der Waals surface area contributed by atoms with E-state index < -0.39 is 0 Å². The topological polar surface area (TPSA) is 29.5 Å². The Balaban J connectivity index is 1.53. The maximum absolute atomic E-state index is 12.1. The third kappa shape index (κ3) is 2.71. The first-order chi connectivity index (χ1) is 9.11. The number of esters is 1. The van der Waals surface area contributed by atoms with Crippen molar-refractivity contribution in [2.45, 2.75) is 56.3 Å². The van der Waals surface area contributed by atoms with E-state index in [4.69, 9.17) is 4.74 Å². The van der Waals surface area contributed by atoms with Gasteiger partial charge in [-0.15, -0.1) is 0 Å². The molecule has 108 valence electrons. The summed E-state index contributed by atoms with van der Waals surface area (Å²) in [5.41, 5.74) is -0.249. The molecule has 3 nitrogen and oxygen atoms in total. The number of halogens is 1. The smallest absolute Gasteiger partial charge is 0.312 e. The van der Waals surface area contributed by atoms with Gasteiger partial charge in [-0.25, -0.2) is 0 Å². The number of hydrogen-bond donors (Lipinski definition) is 0. The van der Waals surface area contributed by atoms with Gasteiger partial charge in [-0.1, -0.05) is 22.4 Å². The number of hydrogen-bond acceptors (Lipinski definition) is 3. The number of ether oxygens (including phenoxy) is 1. The van der Waals surface area contributed by atoms with Crippen molar-refractivity contribution in [2.24, 2.45) is 11.3 Å². The summed E-state index contributed by atoms with van der Waals surface area (Å²) < 4.78 is 5.63. The predicted octanol–water partition coefficient (Wildman–Crippen LogP) is 2.97. The first-order valence-electron chi connectivity index (χ1n) is 7.66. The number of alkyl halides is 1. The van der Waals surface area contributed by atoms with Crippen LogP contribution in [0, 0.1) is 11.3 Å². The van der Waals surface area contributed by atoms with Crippen molar-refractivity contribution >= 4 is 21.9 Å². The summed E-state index contributed by atoms with van der Waals surface area (Å²) in [7, 11) is 0. The van der Waals surface area contributed by atoms with Crippen molar-refractivity contribution < 1.29 is 9.53 Å². The van der Waals surface area contributed by atoms with Crippen LogP contribution in [0.1, 0.15) is 45.4 Å². The second kappa shape index (κ2) is 5.36.